The second-order valence-corrected chi connectivity index (χ2v) is 5.78. The summed E-state index contributed by atoms with van der Waals surface area (Å²) in [4.78, 5) is 12.3. The summed E-state index contributed by atoms with van der Waals surface area (Å²) in [7, 11) is 1.61. The smallest absolute Gasteiger partial charge is 0.224 e. The number of nitrogens with one attached hydrogen (secondary N) is 1. The third kappa shape index (κ3) is 4.24. The van der Waals surface area contributed by atoms with Crippen LogP contribution in [0.3, 0.4) is 0 Å². The van der Waals surface area contributed by atoms with Gasteiger partial charge in [-0.15, -0.1) is 0 Å². The molecule has 2 unspecified atom stereocenters. The summed E-state index contributed by atoms with van der Waals surface area (Å²) in [6.07, 6.45) is 0. The van der Waals surface area contributed by atoms with Gasteiger partial charge in [0.05, 0.1) is 13.2 Å². The molecule has 2 atom stereocenters. The Morgan fingerprint density at radius 3 is 2.65 bits per heavy atom. The molecule has 0 saturated carbocycles. The average Bonchev–Trinajstić information content (AvgIpc) is 2.59. The molecule has 0 fully saturated rings. The summed E-state index contributed by atoms with van der Waals surface area (Å²) < 4.78 is 5.28. The van der Waals surface area contributed by atoms with Gasteiger partial charge < -0.3 is 15.8 Å². The molecule has 4 nitrogen and oxygen atoms in total. The van der Waals surface area contributed by atoms with E-state index in [9.17, 15) is 4.79 Å². The van der Waals surface area contributed by atoms with Crippen LogP contribution in [0, 0.1) is 5.92 Å². The molecule has 0 heterocycles. The van der Waals surface area contributed by atoms with E-state index in [4.69, 9.17) is 22.1 Å². The molecule has 0 bridgehead atoms. The first-order valence-electron chi connectivity index (χ1n) is 7.45. The minimum Gasteiger partial charge on any atom is -0.497 e. The van der Waals surface area contributed by atoms with Crippen LogP contribution in [-0.2, 0) is 4.79 Å². The van der Waals surface area contributed by atoms with Crippen LogP contribution in [0.1, 0.15) is 24.1 Å². The molecule has 5 heteroatoms. The van der Waals surface area contributed by atoms with Crippen molar-refractivity contribution in [2.24, 2.45) is 11.7 Å². The fourth-order valence-electron chi connectivity index (χ4n) is 2.26. The van der Waals surface area contributed by atoms with Crippen LogP contribution < -0.4 is 15.8 Å². The molecule has 23 heavy (non-hydrogen) atoms. The van der Waals surface area contributed by atoms with Crippen LogP contribution in [0.25, 0.3) is 0 Å². The highest BCUT2D eigenvalue weighted by atomic mass is 35.5. The number of halogens is 1. The quantitative estimate of drug-likeness (QED) is 0.854. The Morgan fingerprint density at radius 1 is 1.26 bits per heavy atom. The number of nitrogens with two attached hydrogens (primary N) is 1. The number of hydrogen-bond acceptors (Lipinski definition) is 3. The lowest BCUT2D eigenvalue weighted by Gasteiger charge is -2.23. The van der Waals surface area contributed by atoms with Gasteiger partial charge in [-0.1, -0.05) is 48.9 Å². The van der Waals surface area contributed by atoms with Gasteiger partial charge in [0.15, 0.2) is 0 Å². The average molecular weight is 333 g/mol. The standard InChI is InChI=1S/C18H21ClN2O2/c1-12(11-20)18(22)21-17(15-8-3-4-9-16(15)19)13-6-5-7-14(10-13)23-2/h3-10,12,17H,11,20H2,1-2H3,(H,21,22). The number of rotatable bonds is 6. The lowest BCUT2D eigenvalue weighted by molar-refractivity contribution is -0.124. The molecule has 0 aromatic heterocycles. The maximum Gasteiger partial charge on any atom is 0.224 e. The number of carbonyl (C=O) groups excluding carboxylic acids is 1. The van der Waals surface area contributed by atoms with Crippen LogP contribution >= 0.6 is 11.6 Å². The highest BCUT2D eigenvalue weighted by Gasteiger charge is 2.22. The molecule has 2 aromatic carbocycles. The minimum absolute atomic E-state index is 0.111. The molecule has 2 rings (SSSR count). The molecule has 0 radical (unpaired) electrons. The zero-order valence-corrected chi connectivity index (χ0v) is 14.0. The van der Waals surface area contributed by atoms with Crippen molar-refractivity contribution in [3.05, 3.63) is 64.7 Å². The second-order valence-electron chi connectivity index (χ2n) is 5.38. The number of benzene rings is 2. The van der Waals surface area contributed by atoms with Gasteiger partial charge in [-0.25, -0.2) is 0 Å². The van der Waals surface area contributed by atoms with E-state index in [1.54, 1.807) is 14.0 Å². The molecule has 0 saturated heterocycles. The van der Waals surface area contributed by atoms with E-state index in [0.717, 1.165) is 16.9 Å². The van der Waals surface area contributed by atoms with E-state index < -0.39 is 0 Å². The molecule has 122 valence electrons. The molecular formula is C18H21ClN2O2. The lowest BCUT2D eigenvalue weighted by atomic mass is 9.97. The van der Waals surface area contributed by atoms with Gasteiger partial charge >= 0.3 is 0 Å². The Morgan fingerprint density at radius 2 is 2.00 bits per heavy atom. The summed E-state index contributed by atoms with van der Waals surface area (Å²) in [5.74, 6) is 0.339. The van der Waals surface area contributed by atoms with E-state index in [0.29, 0.717) is 11.6 Å². The first-order chi connectivity index (χ1) is 11.1. The molecule has 3 N–H and O–H groups in total. The predicted octanol–water partition coefficient (Wildman–Crippen LogP) is 3.15. The van der Waals surface area contributed by atoms with Crippen molar-refractivity contribution >= 4 is 17.5 Å². The third-order valence-electron chi connectivity index (χ3n) is 3.73. The second kappa shape index (κ2) is 7.99. The van der Waals surface area contributed by atoms with Gasteiger partial charge in [-0.3, -0.25) is 4.79 Å². The number of carbonyl (C=O) groups is 1. The van der Waals surface area contributed by atoms with Gasteiger partial charge in [0.25, 0.3) is 0 Å². The monoisotopic (exact) mass is 332 g/mol. The van der Waals surface area contributed by atoms with E-state index in [1.807, 2.05) is 48.5 Å². The number of methoxy groups -OCH3 is 1. The Bertz CT molecular complexity index is 676. The van der Waals surface area contributed by atoms with Crippen LogP contribution in [0.2, 0.25) is 5.02 Å². The van der Waals surface area contributed by atoms with E-state index in [2.05, 4.69) is 5.32 Å². The molecule has 1 amide bonds. The maximum absolute atomic E-state index is 12.3. The Hall–Kier alpha value is -2.04. The lowest BCUT2D eigenvalue weighted by Crippen LogP contribution is -2.36. The van der Waals surface area contributed by atoms with Gasteiger partial charge in [0.1, 0.15) is 5.75 Å². The zero-order valence-electron chi connectivity index (χ0n) is 13.3. The van der Waals surface area contributed by atoms with Crippen molar-refractivity contribution in [3.63, 3.8) is 0 Å². The largest absolute Gasteiger partial charge is 0.497 e. The van der Waals surface area contributed by atoms with Crippen LogP contribution in [0.5, 0.6) is 5.75 Å². The number of hydrogen-bond donors (Lipinski definition) is 2. The van der Waals surface area contributed by atoms with E-state index in [-0.39, 0.29) is 17.9 Å². The van der Waals surface area contributed by atoms with Crippen LogP contribution in [-0.4, -0.2) is 19.6 Å². The van der Waals surface area contributed by atoms with Gasteiger partial charge in [0, 0.05) is 17.5 Å². The summed E-state index contributed by atoms with van der Waals surface area (Å²) in [6.45, 7) is 2.09. The van der Waals surface area contributed by atoms with Crippen LogP contribution in [0.15, 0.2) is 48.5 Å². The topological polar surface area (TPSA) is 64.3 Å². The summed E-state index contributed by atoms with van der Waals surface area (Å²) in [5.41, 5.74) is 7.33. The first-order valence-corrected chi connectivity index (χ1v) is 7.83. The van der Waals surface area contributed by atoms with Crippen molar-refractivity contribution in [3.8, 4) is 5.75 Å². The van der Waals surface area contributed by atoms with Gasteiger partial charge in [-0.05, 0) is 29.3 Å². The summed E-state index contributed by atoms with van der Waals surface area (Å²) in [5, 5.41) is 3.63. The fraction of sp³-hybridized carbons (Fsp3) is 0.278. The zero-order chi connectivity index (χ0) is 16.8. The molecule has 2 aromatic rings. The normalized spacial score (nSPS) is 13.2. The minimum atomic E-state index is -0.361. The molecule has 0 spiro atoms. The van der Waals surface area contributed by atoms with Crippen molar-refractivity contribution in [2.75, 3.05) is 13.7 Å². The Balaban J connectivity index is 2.42. The van der Waals surface area contributed by atoms with E-state index >= 15 is 0 Å². The maximum atomic E-state index is 12.3. The number of amides is 1. The molecule has 0 aliphatic heterocycles. The SMILES string of the molecule is COc1cccc(C(NC(=O)C(C)CN)c2ccccc2Cl)c1. The number of ether oxygens (including phenoxy) is 1. The van der Waals surface area contributed by atoms with Gasteiger partial charge in [0.2, 0.25) is 5.91 Å². The van der Waals surface area contributed by atoms with E-state index in [1.165, 1.54) is 0 Å². The Kier molecular flexibility index (Phi) is 6.02. The van der Waals surface area contributed by atoms with Crippen molar-refractivity contribution in [1.29, 1.82) is 0 Å². The molecular weight excluding hydrogens is 312 g/mol. The Labute approximate surface area is 141 Å². The van der Waals surface area contributed by atoms with Crippen LogP contribution in [0.4, 0.5) is 0 Å². The first kappa shape index (κ1) is 17.3. The van der Waals surface area contributed by atoms with Crippen molar-refractivity contribution < 1.29 is 9.53 Å². The summed E-state index contributed by atoms with van der Waals surface area (Å²) in [6, 6.07) is 14.7. The van der Waals surface area contributed by atoms with Crippen molar-refractivity contribution in [2.45, 2.75) is 13.0 Å². The van der Waals surface area contributed by atoms with Gasteiger partial charge in [-0.2, -0.15) is 0 Å². The molecule has 0 aliphatic carbocycles. The third-order valence-corrected chi connectivity index (χ3v) is 4.08. The highest BCUT2D eigenvalue weighted by Crippen LogP contribution is 2.30. The van der Waals surface area contributed by atoms with Crippen molar-refractivity contribution in [1.82, 2.24) is 5.32 Å². The fourth-order valence-corrected chi connectivity index (χ4v) is 2.51. The predicted molar refractivity (Wildman–Crippen MR) is 92.7 cm³/mol. The summed E-state index contributed by atoms with van der Waals surface area (Å²) >= 11 is 6.33. The molecule has 0 aliphatic rings. The highest BCUT2D eigenvalue weighted by molar-refractivity contribution is 6.31.